The summed E-state index contributed by atoms with van der Waals surface area (Å²) in [6.07, 6.45) is 2.49. The topological polar surface area (TPSA) is 35.7 Å². The largest absolute Gasteiger partial charge is 0.329 e. The molecule has 0 radical (unpaired) electrons. The van der Waals surface area contributed by atoms with Crippen LogP contribution in [0.5, 0.6) is 0 Å². The summed E-state index contributed by atoms with van der Waals surface area (Å²) in [5.74, 6) is 0. The van der Waals surface area contributed by atoms with Crippen molar-refractivity contribution in [3.63, 3.8) is 0 Å². The molecule has 0 aromatic carbocycles. The van der Waals surface area contributed by atoms with Crippen molar-refractivity contribution in [2.45, 2.75) is 45.2 Å². The van der Waals surface area contributed by atoms with Crippen molar-refractivity contribution in [3.8, 4) is 0 Å². The molecule has 0 bridgehead atoms. The van der Waals surface area contributed by atoms with Gasteiger partial charge in [0.1, 0.15) is 0 Å². The quantitative estimate of drug-likeness (QED) is 0.819. The molecule has 0 spiro atoms. The van der Waals surface area contributed by atoms with Crippen LogP contribution in [-0.4, -0.2) is 78.6 Å². The molecule has 4 heteroatoms. The van der Waals surface area contributed by atoms with Crippen molar-refractivity contribution < 1.29 is 0 Å². The molecule has 2 saturated heterocycles. The normalized spacial score (nSPS) is 30.6. The van der Waals surface area contributed by atoms with E-state index in [1.807, 2.05) is 0 Å². The lowest BCUT2D eigenvalue weighted by Gasteiger charge is -2.52. The van der Waals surface area contributed by atoms with Crippen molar-refractivity contribution >= 4 is 0 Å². The van der Waals surface area contributed by atoms with Gasteiger partial charge < -0.3 is 10.6 Å². The van der Waals surface area contributed by atoms with Gasteiger partial charge >= 0.3 is 0 Å². The van der Waals surface area contributed by atoms with E-state index in [-0.39, 0.29) is 5.54 Å². The van der Waals surface area contributed by atoms with E-state index in [9.17, 15) is 0 Å². The first-order valence-corrected chi connectivity index (χ1v) is 8.06. The molecular formula is C15H32N4. The number of likely N-dealkylation sites (N-methyl/N-ethyl adjacent to an activating group) is 1. The first-order chi connectivity index (χ1) is 9.15. The molecule has 112 valence electrons. The van der Waals surface area contributed by atoms with Crippen LogP contribution in [0.25, 0.3) is 0 Å². The van der Waals surface area contributed by atoms with Gasteiger partial charge in [0.25, 0.3) is 0 Å². The smallest absolute Gasteiger partial charge is 0.0357 e. The summed E-state index contributed by atoms with van der Waals surface area (Å²) in [7, 11) is 0. The predicted molar refractivity (Wildman–Crippen MR) is 81.4 cm³/mol. The Labute approximate surface area is 118 Å². The van der Waals surface area contributed by atoms with Crippen LogP contribution in [0, 0.1) is 0 Å². The highest BCUT2D eigenvalue weighted by molar-refractivity contribution is 4.99. The molecule has 0 aromatic heterocycles. The third-order valence-corrected chi connectivity index (χ3v) is 5.46. The van der Waals surface area contributed by atoms with E-state index in [1.54, 1.807) is 0 Å². The predicted octanol–water partition coefficient (Wildman–Crippen LogP) is 0.826. The second-order valence-corrected chi connectivity index (χ2v) is 6.29. The summed E-state index contributed by atoms with van der Waals surface area (Å²) in [4.78, 5) is 7.85. The van der Waals surface area contributed by atoms with Gasteiger partial charge in [-0.25, -0.2) is 0 Å². The molecule has 0 aromatic rings. The minimum atomic E-state index is 0.278. The highest BCUT2D eigenvalue weighted by Crippen LogP contribution is 2.30. The van der Waals surface area contributed by atoms with E-state index in [4.69, 9.17) is 5.73 Å². The number of nitrogens with zero attached hydrogens (tertiary/aromatic N) is 3. The summed E-state index contributed by atoms with van der Waals surface area (Å²) >= 11 is 0. The van der Waals surface area contributed by atoms with E-state index in [0.29, 0.717) is 6.04 Å². The van der Waals surface area contributed by atoms with Gasteiger partial charge in [-0.1, -0.05) is 13.8 Å². The van der Waals surface area contributed by atoms with Crippen molar-refractivity contribution in [1.82, 2.24) is 14.7 Å². The van der Waals surface area contributed by atoms with Crippen LogP contribution in [0.1, 0.15) is 33.6 Å². The Kier molecular flexibility index (Phi) is 5.23. The zero-order valence-corrected chi connectivity index (χ0v) is 13.1. The molecule has 2 aliphatic heterocycles. The van der Waals surface area contributed by atoms with Gasteiger partial charge in [-0.3, -0.25) is 9.80 Å². The zero-order chi connectivity index (χ0) is 13.9. The van der Waals surface area contributed by atoms with Crippen LogP contribution in [0.3, 0.4) is 0 Å². The van der Waals surface area contributed by atoms with E-state index >= 15 is 0 Å². The minimum absolute atomic E-state index is 0.278. The van der Waals surface area contributed by atoms with E-state index in [0.717, 1.165) is 6.54 Å². The summed E-state index contributed by atoms with van der Waals surface area (Å²) in [5, 5.41) is 0. The van der Waals surface area contributed by atoms with Crippen LogP contribution < -0.4 is 5.73 Å². The molecule has 1 unspecified atom stereocenters. The fourth-order valence-electron chi connectivity index (χ4n) is 3.83. The fraction of sp³-hybridized carbons (Fsp3) is 1.00. The monoisotopic (exact) mass is 268 g/mol. The van der Waals surface area contributed by atoms with Crippen LogP contribution in [-0.2, 0) is 0 Å². The maximum Gasteiger partial charge on any atom is 0.0357 e. The van der Waals surface area contributed by atoms with Crippen molar-refractivity contribution in [3.05, 3.63) is 0 Å². The van der Waals surface area contributed by atoms with Gasteiger partial charge in [0.2, 0.25) is 0 Å². The molecule has 0 saturated carbocycles. The zero-order valence-electron chi connectivity index (χ0n) is 13.1. The van der Waals surface area contributed by atoms with Crippen LogP contribution in [0.15, 0.2) is 0 Å². The van der Waals surface area contributed by atoms with E-state index < -0.39 is 0 Å². The Balaban J connectivity index is 1.98. The number of piperazine rings is 1. The van der Waals surface area contributed by atoms with Crippen molar-refractivity contribution in [2.75, 3.05) is 52.4 Å². The molecule has 1 atom stereocenters. The second-order valence-electron chi connectivity index (χ2n) is 6.29. The molecule has 2 fully saturated rings. The third kappa shape index (κ3) is 3.13. The Morgan fingerprint density at radius 1 is 1.05 bits per heavy atom. The molecule has 2 aliphatic rings. The Morgan fingerprint density at radius 2 is 1.74 bits per heavy atom. The first-order valence-electron chi connectivity index (χ1n) is 8.06. The number of hydrogen-bond donors (Lipinski definition) is 1. The lowest BCUT2D eigenvalue weighted by Crippen LogP contribution is -2.65. The highest BCUT2D eigenvalue weighted by atomic mass is 15.3. The van der Waals surface area contributed by atoms with Gasteiger partial charge in [-0.05, 0) is 45.9 Å². The lowest BCUT2D eigenvalue weighted by molar-refractivity contribution is -0.0224. The maximum atomic E-state index is 6.19. The summed E-state index contributed by atoms with van der Waals surface area (Å²) in [6, 6.07) is 0.673. The molecule has 2 rings (SSSR count). The maximum absolute atomic E-state index is 6.19. The molecule has 2 N–H and O–H groups in total. The summed E-state index contributed by atoms with van der Waals surface area (Å²) < 4.78 is 0. The summed E-state index contributed by atoms with van der Waals surface area (Å²) in [6.45, 7) is 16.1. The van der Waals surface area contributed by atoms with Crippen LogP contribution >= 0.6 is 0 Å². The number of likely N-dealkylation sites (tertiary alicyclic amines) is 1. The molecule has 4 nitrogen and oxygen atoms in total. The third-order valence-electron chi connectivity index (χ3n) is 5.46. The SMILES string of the molecule is CCN1CCC(CN)(N2CCN(CC)C(C)C2)CC1. The fourth-order valence-corrected chi connectivity index (χ4v) is 3.83. The average molecular weight is 268 g/mol. The standard InChI is InChI=1S/C15H32N4/c1-4-17-8-6-15(13-16,7-9-17)19-11-10-18(5-2)14(3)12-19/h14H,4-13,16H2,1-3H3. The number of hydrogen-bond acceptors (Lipinski definition) is 4. The van der Waals surface area contributed by atoms with E-state index in [1.165, 1.54) is 58.7 Å². The molecular weight excluding hydrogens is 236 g/mol. The van der Waals surface area contributed by atoms with E-state index in [2.05, 4.69) is 35.5 Å². The number of rotatable bonds is 4. The highest BCUT2D eigenvalue weighted by Gasteiger charge is 2.40. The molecule has 19 heavy (non-hydrogen) atoms. The Morgan fingerprint density at radius 3 is 2.21 bits per heavy atom. The van der Waals surface area contributed by atoms with Gasteiger partial charge in [0.15, 0.2) is 0 Å². The summed E-state index contributed by atoms with van der Waals surface area (Å²) in [5.41, 5.74) is 6.47. The van der Waals surface area contributed by atoms with Gasteiger partial charge in [-0.15, -0.1) is 0 Å². The number of nitrogens with two attached hydrogens (primary N) is 1. The second kappa shape index (κ2) is 6.53. The van der Waals surface area contributed by atoms with Crippen LogP contribution in [0.4, 0.5) is 0 Å². The molecule has 0 amide bonds. The van der Waals surface area contributed by atoms with Gasteiger partial charge in [0.05, 0.1) is 0 Å². The number of piperidine rings is 1. The lowest BCUT2D eigenvalue weighted by atomic mass is 9.84. The van der Waals surface area contributed by atoms with Crippen LogP contribution in [0.2, 0.25) is 0 Å². The molecule has 2 heterocycles. The average Bonchev–Trinajstić information content (AvgIpc) is 2.47. The minimum Gasteiger partial charge on any atom is -0.329 e. The van der Waals surface area contributed by atoms with Crippen molar-refractivity contribution in [2.24, 2.45) is 5.73 Å². The van der Waals surface area contributed by atoms with Gasteiger partial charge in [0, 0.05) is 37.8 Å². The van der Waals surface area contributed by atoms with Crippen molar-refractivity contribution in [1.29, 1.82) is 0 Å². The Hall–Kier alpha value is -0.160. The Bertz CT molecular complexity index is 273. The molecule has 0 aliphatic carbocycles. The van der Waals surface area contributed by atoms with Gasteiger partial charge in [-0.2, -0.15) is 0 Å². The first kappa shape index (κ1) is 15.2.